The second kappa shape index (κ2) is 2.38. The smallest absolute Gasteiger partial charge is 0.286 e. The fourth-order valence-electron chi connectivity index (χ4n) is 1.32. The third-order valence-electron chi connectivity index (χ3n) is 2.08. The van der Waals surface area contributed by atoms with Crippen LogP contribution in [0, 0.1) is 5.41 Å². The van der Waals surface area contributed by atoms with Crippen LogP contribution in [0.4, 0.5) is 8.78 Å². The maximum Gasteiger partial charge on any atom is 0.286 e. The van der Waals surface area contributed by atoms with Crippen molar-refractivity contribution in [1.29, 1.82) is 0 Å². The lowest BCUT2D eigenvalue weighted by atomic mass is 9.80. The lowest BCUT2D eigenvalue weighted by Gasteiger charge is -2.40. The second-order valence-corrected chi connectivity index (χ2v) is 3.76. The van der Waals surface area contributed by atoms with Gasteiger partial charge in [-0.05, 0) is 0 Å². The number of halogens is 2. The van der Waals surface area contributed by atoms with Crippen molar-refractivity contribution < 1.29 is 13.9 Å². The molecule has 1 unspecified atom stereocenters. The molecule has 66 valence electrons. The summed E-state index contributed by atoms with van der Waals surface area (Å²) in [6, 6.07) is 0. The van der Waals surface area contributed by atoms with Crippen LogP contribution in [0.15, 0.2) is 0 Å². The minimum absolute atomic E-state index is 0.419. The molecule has 0 aliphatic carbocycles. The average Bonchev–Trinajstić information content (AvgIpc) is 1.82. The van der Waals surface area contributed by atoms with Crippen molar-refractivity contribution in [2.75, 3.05) is 13.1 Å². The van der Waals surface area contributed by atoms with Crippen molar-refractivity contribution >= 4 is 0 Å². The average molecular weight is 165 g/mol. The zero-order chi connectivity index (χ0) is 8.70. The van der Waals surface area contributed by atoms with Crippen LogP contribution < -0.4 is 5.32 Å². The van der Waals surface area contributed by atoms with Gasteiger partial charge in [0.2, 0.25) is 0 Å². The molecule has 0 radical (unpaired) electrons. The summed E-state index contributed by atoms with van der Waals surface area (Å²) < 4.78 is 25.6. The molecular weight excluding hydrogens is 152 g/mol. The third-order valence-corrected chi connectivity index (χ3v) is 2.08. The molecule has 2 N–H and O–H groups in total. The lowest BCUT2D eigenvalue weighted by Crippen LogP contribution is -2.59. The van der Waals surface area contributed by atoms with Crippen molar-refractivity contribution in [2.24, 2.45) is 5.41 Å². The number of hydrogen-bond acceptors (Lipinski definition) is 2. The van der Waals surface area contributed by atoms with Gasteiger partial charge in [-0.3, -0.25) is 0 Å². The summed E-state index contributed by atoms with van der Waals surface area (Å²) in [5, 5.41) is 11.8. The van der Waals surface area contributed by atoms with Gasteiger partial charge in [0.15, 0.2) is 0 Å². The molecule has 1 aliphatic heterocycles. The van der Waals surface area contributed by atoms with Gasteiger partial charge in [0.1, 0.15) is 6.10 Å². The van der Waals surface area contributed by atoms with E-state index in [1.165, 1.54) is 0 Å². The topological polar surface area (TPSA) is 32.3 Å². The Hall–Kier alpha value is -0.220. The van der Waals surface area contributed by atoms with Crippen molar-refractivity contribution in [3.63, 3.8) is 0 Å². The number of hydrogen-bond donors (Lipinski definition) is 2. The molecule has 1 rings (SSSR count). The van der Waals surface area contributed by atoms with E-state index >= 15 is 0 Å². The summed E-state index contributed by atoms with van der Waals surface area (Å²) in [5.74, 6) is -2.98. The molecule has 4 heteroatoms. The predicted octanol–water partition coefficient (Wildman–Crippen LogP) is 0.612. The van der Waals surface area contributed by atoms with E-state index in [-0.39, 0.29) is 0 Å². The van der Waals surface area contributed by atoms with Crippen LogP contribution in [0.2, 0.25) is 0 Å². The van der Waals surface area contributed by atoms with Crippen molar-refractivity contribution in [2.45, 2.75) is 25.9 Å². The Labute approximate surface area is 64.6 Å². The third kappa shape index (κ3) is 1.51. The van der Waals surface area contributed by atoms with Gasteiger partial charge < -0.3 is 10.4 Å². The number of piperidine rings is 1. The van der Waals surface area contributed by atoms with E-state index in [0.717, 1.165) is 0 Å². The first-order chi connectivity index (χ1) is 4.86. The number of rotatable bonds is 0. The van der Waals surface area contributed by atoms with Crippen LogP contribution in [-0.2, 0) is 0 Å². The van der Waals surface area contributed by atoms with Gasteiger partial charge >= 0.3 is 0 Å². The highest BCUT2D eigenvalue weighted by Gasteiger charge is 2.50. The number of aliphatic hydroxyl groups excluding tert-OH is 1. The highest BCUT2D eigenvalue weighted by atomic mass is 19.3. The fraction of sp³-hybridized carbons (Fsp3) is 1.00. The molecule has 0 aromatic rings. The van der Waals surface area contributed by atoms with E-state index in [2.05, 4.69) is 5.32 Å². The number of aliphatic hydroxyl groups is 1. The molecular formula is C7H13F2NO. The van der Waals surface area contributed by atoms with Gasteiger partial charge in [0.05, 0.1) is 6.54 Å². The first-order valence-corrected chi connectivity index (χ1v) is 3.63. The second-order valence-electron chi connectivity index (χ2n) is 3.76. The minimum atomic E-state index is -2.98. The summed E-state index contributed by atoms with van der Waals surface area (Å²) in [6.45, 7) is 3.26. The summed E-state index contributed by atoms with van der Waals surface area (Å²) in [5.41, 5.74) is -0.734. The van der Waals surface area contributed by atoms with Gasteiger partial charge in [-0.2, -0.15) is 0 Å². The van der Waals surface area contributed by atoms with Crippen LogP contribution in [-0.4, -0.2) is 30.2 Å². The van der Waals surface area contributed by atoms with Crippen LogP contribution in [0.25, 0.3) is 0 Å². The first kappa shape index (κ1) is 8.87. The fourth-order valence-corrected chi connectivity index (χ4v) is 1.32. The Bertz CT molecular complexity index is 143. The molecule has 0 bridgehead atoms. The van der Waals surface area contributed by atoms with Gasteiger partial charge in [-0.1, -0.05) is 13.8 Å². The Morgan fingerprint density at radius 1 is 1.36 bits per heavy atom. The first-order valence-electron chi connectivity index (χ1n) is 3.63. The summed E-state index contributed by atoms with van der Waals surface area (Å²) in [7, 11) is 0. The molecule has 1 saturated heterocycles. The molecule has 1 fully saturated rings. The largest absolute Gasteiger partial charge is 0.386 e. The Balaban J connectivity index is 2.76. The maximum atomic E-state index is 12.8. The zero-order valence-corrected chi connectivity index (χ0v) is 6.69. The standard InChI is InChI=1S/C7H13F2NO/c1-6(2)3-10-4-7(8,9)5(6)11/h5,10-11H,3-4H2,1-2H3. The van der Waals surface area contributed by atoms with Crippen LogP contribution >= 0.6 is 0 Å². The summed E-state index contributed by atoms with van der Waals surface area (Å²) >= 11 is 0. The summed E-state index contributed by atoms with van der Waals surface area (Å²) in [4.78, 5) is 0. The van der Waals surface area contributed by atoms with E-state index in [1.807, 2.05) is 0 Å². The van der Waals surface area contributed by atoms with Crippen molar-refractivity contribution in [3.05, 3.63) is 0 Å². The molecule has 11 heavy (non-hydrogen) atoms. The molecule has 2 nitrogen and oxygen atoms in total. The molecule has 0 aromatic carbocycles. The lowest BCUT2D eigenvalue weighted by molar-refractivity contribution is -0.168. The summed E-state index contributed by atoms with van der Waals surface area (Å²) in [6.07, 6.45) is -1.53. The molecule has 0 spiro atoms. The molecule has 1 heterocycles. The van der Waals surface area contributed by atoms with Crippen LogP contribution in [0.3, 0.4) is 0 Å². The molecule has 1 aliphatic rings. The van der Waals surface area contributed by atoms with Crippen molar-refractivity contribution in [1.82, 2.24) is 5.32 Å². The normalized spacial score (nSPS) is 35.2. The Kier molecular flexibility index (Phi) is 1.92. The van der Waals surface area contributed by atoms with Crippen LogP contribution in [0.1, 0.15) is 13.8 Å². The highest BCUT2D eigenvalue weighted by Crippen LogP contribution is 2.34. The van der Waals surface area contributed by atoms with Gasteiger partial charge in [-0.25, -0.2) is 8.78 Å². The van der Waals surface area contributed by atoms with Gasteiger partial charge in [0, 0.05) is 12.0 Å². The van der Waals surface area contributed by atoms with E-state index in [0.29, 0.717) is 6.54 Å². The quantitative estimate of drug-likeness (QED) is 0.551. The van der Waals surface area contributed by atoms with E-state index in [1.54, 1.807) is 13.8 Å². The van der Waals surface area contributed by atoms with E-state index in [4.69, 9.17) is 0 Å². The zero-order valence-electron chi connectivity index (χ0n) is 6.69. The molecule has 1 atom stereocenters. The maximum absolute atomic E-state index is 12.8. The monoisotopic (exact) mass is 165 g/mol. The van der Waals surface area contributed by atoms with Crippen LogP contribution in [0.5, 0.6) is 0 Å². The van der Waals surface area contributed by atoms with Crippen molar-refractivity contribution in [3.8, 4) is 0 Å². The van der Waals surface area contributed by atoms with Gasteiger partial charge in [0.25, 0.3) is 5.92 Å². The number of alkyl halides is 2. The molecule has 0 aromatic heterocycles. The van der Waals surface area contributed by atoms with E-state index < -0.39 is 24.0 Å². The Morgan fingerprint density at radius 3 is 2.27 bits per heavy atom. The molecule has 0 amide bonds. The van der Waals surface area contributed by atoms with E-state index in [9.17, 15) is 13.9 Å². The highest BCUT2D eigenvalue weighted by molar-refractivity contribution is 4.95. The number of nitrogens with one attached hydrogen (secondary N) is 1. The predicted molar refractivity (Wildman–Crippen MR) is 37.6 cm³/mol. The van der Waals surface area contributed by atoms with Gasteiger partial charge in [-0.15, -0.1) is 0 Å². The SMILES string of the molecule is CC1(C)CNCC(F)(F)C1O. The minimum Gasteiger partial charge on any atom is -0.386 e. The Morgan fingerprint density at radius 2 is 1.91 bits per heavy atom. The molecule has 0 saturated carbocycles.